The van der Waals surface area contributed by atoms with Crippen molar-refractivity contribution in [3.8, 4) is 5.75 Å². The number of benzene rings is 1. The van der Waals surface area contributed by atoms with Crippen LogP contribution in [0.2, 0.25) is 0 Å². The number of unbranched alkanes of at least 4 members (excludes halogenated alkanes) is 2. The molecule has 1 aromatic rings. The van der Waals surface area contributed by atoms with Crippen LogP contribution in [-0.2, 0) is 5.41 Å². The largest absolute Gasteiger partial charge is 0.507 e. The highest BCUT2D eigenvalue weighted by Crippen LogP contribution is 2.29. The Kier molecular flexibility index (Phi) is 4.19. The van der Waals surface area contributed by atoms with Gasteiger partial charge in [0.15, 0.2) is 0 Å². The van der Waals surface area contributed by atoms with Crippen LogP contribution < -0.4 is 0 Å². The second kappa shape index (κ2) is 5.20. The van der Waals surface area contributed by atoms with Gasteiger partial charge < -0.3 is 5.11 Å². The van der Waals surface area contributed by atoms with Crippen molar-refractivity contribution in [2.75, 3.05) is 0 Å². The zero-order valence-corrected chi connectivity index (χ0v) is 10.0. The lowest BCUT2D eigenvalue weighted by atomic mass is 9.80. The molecule has 83 valence electrons. The van der Waals surface area contributed by atoms with Crippen molar-refractivity contribution in [2.24, 2.45) is 0 Å². The van der Waals surface area contributed by atoms with Crippen LogP contribution in [0.3, 0.4) is 0 Å². The minimum absolute atomic E-state index is 0.194. The number of rotatable bonds is 5. The molecule has 0 saturated carbocycles. The van der Waals surface area contributed by atoms with E-state index in [9.17, 15) is 5.11 Å². The highest BCUT2D eigenvalue weighted by Gasteiger charge is 2.19. The summed E-state index contributed by atoms with van der Waals surface area (Å²) in [4.78, 5) is 0. The number of phenolic OH excluding ortho intramolecular Hbond substituents is 1. The molecule has 0 atom stereocenters. The van der Waals surface area contributed by atoms with E-state index in [4.69, 9.17) is 0 Å². The summed E-state index contributed by atoms with van der Waals surface area (Å²) in [6, 6.07) is 8.47. The van der Waals surface area contributed by atoms with Gasteiger partial charge in [-0.1, -0.05) is 46.1 Å². The molecule has 1 heteroatoms. The van der Waals surface area contributed by atoms with Gasteiger partial charge in [0.05, 0.1) is 0 Å². The molecule has 0 aliphatic rings. The van der Waals surface area contributed by atoms with Crippen LogP contribution in [0.15, 0.2) is 18.2 Å². The first-order chi connectivity index (χ1) is 7.06. The van der Waals surface area contributed by atoms with Crippen molar-refractivity contribution in [1.29, 1.82) is 0 Å². The Balaban J connectivity index is 2.63. The van der Waals surface area contributed by atoms with Crippen LogP contribution in [0.1, 0.15) is 52.0 Å². The third kappa shape index (κ3) is 3.58. The van der Waals surface area contributed by atoms with Gasteiger partial charge in [-0.2, -0.15) is 0 Å². The molecular formula is C14H21O. The lowest BCUT2D eigenvalue weighted by molar-refractivity contribution is 0.446. The lowest BCUT2D eigenvalue weighted by Crippen LogP contribution is -2.16. The second-order valence-corrected chi connectivity index (χ2v) is 4.80. The van der Waals surface area contributed by atoms with Gasteiger partial charge in [-0.05, 0) is 29.5 Å². The minimum atomic E-state index is 0.194. The van der Waals surface area contributed by atoms with Crippen LogP contribution >= 0.6 is 0 Å². The molecule has 1 radical (unpaired) electrons. The predicted molar refractivity (Wildman–Crippen MR) is 64.1 cm³/mol. The maximum absolute atomic E-state index is 9.18. The van der Waals surface area contributed by atoms with Crippen molar-refractivity contribution in [3.63, 3.8) is 0 Å². The average molecular weight is 205 g/mol. The van der Waals surface area contributed by atoms with E-state index in [0.717, 1.165) is 0 Å². The van der Waals surface area contributed by atoms with E-state index in [1.807, 2.05) is 12.1 Å². The Morgan fingerprint density at radius 1 is 1.27 bits per heavy atom. The molecule has 1 nitrogen and oxygen atoms in total. The first-order valence-electron chi connectivity index (χ1n) is 5.77. The summed E-state index contributed by atoms with van der Waals surface area (Å²) in [5.74, 6) is 0.225. The Bertz CT molecular complexity index is 285. The fraction of sp³-hybridized carbons (Fsp3) is 0.571. The lowest BCUT2D eigenvalue weighted by Gasteiger charge is -2.25. The molecule has 15 heavy (non-hydrogen) atoms. The topological polar surface area (TPSA) is 20.2 Å². The van der Waals surface area contributed by atoms with Crippen LogP contribution in [0.5, 0.6) is 5.75 Å². The molecule has 0 unspecified atom stereocenters. The van der Waals surface area contributed by atoms with Gasteiger partial charge in [0.2, 0.25) is 0 Å². The molecule has 0 fully saturated rings. The second-order valence-electron chi connectivity index (χ2n) is 4.80. The standard InChI is InChI=1S/C14H21O/c1-4-5-6-11-14(2,3)12-7-9-13(15)10-8-12/h7-9,15H,4-6,11H2,1-3H3. The molecular weight excluding hydrogens is 184 g/mol. The monoisotopic (exact) mass is 205 g/mol. The summed E-state index contributed by atoms with van der Waals surface area (Å²) >= 11 is 0. The molecule has 0 heterocycles. The quantitative estimate of drug-likeness (QED) is 0.719. The van der Waals surface area contributed by atoms with Gasteiger partial charge in [-0.15, -0.1) is 0 Å². The van der Waals surface area contributed by atoms with Crippen molar-refractivity contribution in [1.82, 2.24) is 0 Å². The molecule has 0 saturated heterocycles. The van der Waals surface area contributed by atoms with Crippen molar-refractivity contribution >= 4 is 0 Å². The molecule has 0 aliphatic heterocycles. The highest BCUT2D eigenvalue weighted by molar-refractivity contribution is 5.29. The first kappa shape index (κ1) is 12.1. The minimum Gasteiger partial charge on any atom is -0.507 e. The Labute approximate surface area is 93.1 Å². The fourth-order valence-electron chi connectivity index (χ4n) is 1.80. The van der Waals surface area contributed by atoms with Gasteiger partial charge in [-0.3, -0.25) is 0 Å². The van der Waals surface area contributed by atoms with E-state index in [0.29, 0.717) is 0 Å². The SMILES string of the molecule is CCCCCC(C)(C)c1c[c]c(O)cc1. The van der Waals surface area contributed by atoms with Gasteiger partial charge in [0, 0.05) is 6.07 Å². The fourth-order valence-corrected chi connectivity index (χ4v) is 1.80. The van der Waals surface area contributed by atoms with Gasteiger partial charge >= 0.3 is 0 Å². The molecule has 1 aromatic carbocycles. The third-order valence-electron chi connectivity index (χ3n) is 2.98. The number of hydrogen-bond donors (Lipinski definition) is 1. The zero-order chi connectivity index (χ0) is 11.3. The van der Waals surface area contributed by atoms with E-state index in [2.05, 4.69) is 26.8 Å². The summed E-state index contributed by atoms with van der Waals surface area (Å²) < 4.78 is 0. The highest BCUT2D eigenvalue weighted by atomic mass is 16.3. The van der Waals surface area contributed by atoms with Crippen molar-refractivity contribution in [2.45, 2.75) is 51.9 Å². The van der Waals surface area contributed by atoms with Crippen LogP contribution in [-0.4, -0.2) is 5.11 Å². The third-order valence-corrected chi connectivity index (χ3v) is 2.98. The zero-order valence-electron chi connectivity index (χ0n) is 10.0. The molecule has 0 bridgehead atoms. The molecule has 0 amide bonds. The summed E-state index contributed by atoms with van der Waals surface area (Å²) in [6.45, 7) is 6.73. The first-order valence-corrected chi connectivity index (χ1v) is 5.77. The van der Waals surface area contributed by atoms with Crippen LogP contribution in [0.25, 0.3) is 0 Å². The number of phenols is 1. The normalized spacial score (nSPS) is 11.7. The van der Waals surface area contributed by atoms with E-state index in [1.54, 1.807) is 6.07 Å². The Morgan fingerprint density at radius 2 is 2.00 bits per heavy atom. The predicted octanol–water partition coefficient (Wildman–Crippen LogP) is 4.05. The van der Waals surface area contributed by atoms with E-state index in [-0.39, 0.29) is 11.2 Å². The van der Waals surface area contributed by atoms with Crippen LogP contribution in [0.4, 0.5) is 0 Å². The van der Waals surface area contributed by atoms with E-state index in [1.165, 1.54) is 31.2 Å². The summed E-state index contributed by atoms with van der Waals surface area (Å²) in [5.41, 5.74) is 1.45. The molecule has 0 aromatic heterocycles. The Hall–Kier alpha value is -0.980. The van der Waals surface area contributed by atoms with Gasteiger partial charge in [0.25, 0.3) is 0 Å². The Morgan fingerprint density at radius 3 is 2.53 bits per heavy atom. The maximum Gasteiger partial charge on any atom is 0.123 e. The summed E-state index contributed by atoms with van der Waals surface area (Å²) in [6.07, 6.45) is 5.02. The number of aromatic hydroxyl groups is 1. The smallest absolute Gasteiger partial charge is 0.123 e. The van der Waals surface area contributed by atoms with Gasteiger partial charge in [-0.25, -0.2) is 0 Å². The van der Waals surface area contributed by atoms with Crippen molar-refractivity contribution in [3.05, 3.63) is 29.8 Å². The molecule has 1 rings (SSSR count). The molecule has 0 spiro atoms. The maximum atomic E-state index is 9.18. The number of hydrogen-bond acceptors (Lipinski definition) is 1. The summed E-state index contributed by atoms with van der Waals surface area (Å²) in [7, 11) is 0. The van der Waals surface area contributed by atoms with Gasteiger partial charge in [0.1, 0.15) is 5.75 Å². The summed E-state index contributed by atoms with van der Waals surface area (Å²) in [5, 5.41) is 9.18. The molecule has 1 N–H and O–H groups in total. The van der Waals surface area contributed by atoms with E-state index < -0.39 is 0 Å². The van der Waals surface area contributed by atoms with Crippen molar-refractivity contribution < 1.29 is 5.11 Å². The molecule has 0 aliphatic carbocycles. The average Bonchev–Trinajstić information content (AvgIpc) is 2.18. The van der Waals surface area contributed by atoms with E-state index >= 15 is 0 Å². The van der Waals surface area contributed by atoms with Crippen LogP contribution in [0, 0.1) is 6.07 Å².